The number of amides is 1. The molecular formula is C25H28N4O5S2. The fourth-order valence-electron chi connectivity index (χ4n) is 4.16. The number of anilines is 1. The number of aromatic nitrogens is 3. The highest BCUT2D eigenvalue weighted by molar-refractivity contribution is 7.98. The molecule has 0 radical (unpaired) electrons. The van der Waals surface area contributed by atoms with Crippen LogP contribution in [0, 0.1) is 6.92 Å². The Morgan fingerprint density at radius 3 is 2.50 bits per heavy atom. The molecule has 0 fully saturated rings. The molecule has 9 nitrogen and oxygen atoms in total. The molecule has 1 aliphatic rings. The van der Waals surface area contributed by atoms with Crippen molar-refractivity contribution in [3.63, 3.8) is 0 Å². The maximum Gasteiger partial charge on any atom is 0.341 e. The topological polar surface area (TPSA) is 112 Å². The van der Waals surface area contributed by atoms with E-state index in [2.05, 4.69) is 15.5 Å². The average Bonchev–Trinajstić information content (AvgIpc) is 3.33. The van der Waals surface area contributed by atoms with E-state index in [0.29, 0.717) is 16.1 Å². The molecule has 11 heteroatoms. The van der Waals surface area contributed by atoms with E-state index >= 15 is 0 Å². The van der Waals surface area contributed by atoms with Gasteiger partial charge in [-0.3, -0.25) is 9.36 Å². The van der Waals surface area contributed by atoms with Gasteiger partial charge in [-0.25, -0.2) is 9.59 Å². The Balaban J connectivity index is 1.45. The summed E-state index contributed by atoms with van der Waals surface area (Å²) in [6.45, 7) is 3.36. The number of benzene rings is 1. The molecule has 1 aliphatic carbocycles. The SMILES string of the molecule is COC(=O)c1c(NC(=O)C(C)OC(=O)c2ccc(-n3c(C)nnc3SC)cc2)sc2c1CCCCC2. The molecule has 190 valence electrons. The quantitative estimate of drug-likeness (QED) is 0.269. The van der Waals surface area contributed by atoms with Crippen molar-refractivity contribution >= 4 is 45.9 Å². The zero-order chi connectivity index (χ0) is 25.8. The van der Waals surface area contributed by atoms with Crippen LogP contribution >= 0.6 is 23.1 Å². The highest BCUT2D eigenvalue weighted by atomic mass is 32.2. The normalized spacial score (nSPS) is 13.9. The number of nitrogens with zero attached hydrogens (tertiary/aromatic N) is 3. The predicted molar refractivity (Wildman–Crippen MR) is 138 cm³/mol. The molecule has 1 N–H and O–H groups in total. The summed E-state index contributed by atoms with van der Waals surface area (Å²) in [6, 6.07) is 6.83. The van der Waals surface area contributed by atoms with Gasteiger partial charge >= 0.3 is 11.9 Å². The summed E-state index contributed by atoms with van der Waals surface area (Å²) in [5.74, 6) is -0.865. The molecule has 2 heterocycles. The van der Waals surface area contributed by atoms with E-state index in [0.717, 1.165) is 59.2 Å². The number of rotatable bonds is 7. The number of hydrogen-bond acceptors (Lipinski definition) is 9. The summed E-state index contributed by atoms with van der Waals surface area (Å²) in [4.78, 5) is 39.2. The molecule has 0 saturated heterocycles. The van der Waals surface area contributed by atoms with Gasteiger partial charge in [0.15, 0.2) is 11.3 Å². The summed E-state index contributed by atoms with van der Waals surface area (Å²) in [5.41, 5.74) is 2.50. The van der Waals surface area contributed by atoms with E-state index < -0.39 is 23.9 Å². The fraction of sp³-hybridized carbons (Fsp3) is 0.400. The number of carbonyl (C=O) groups excluding carboxylic acids is 3. The standard InChI is InChI=1S/C25H28N4O5S2/c1-14(21(30)26-22-20(24(32)33-3)18-8-6-5-7-9-19(18)36-22)34-23(31)16-10-12-17(13-11-16)29-15(2)27-28-25(29)35-4/h10-14H,5-9H2,1-4H3,(H,26,30). The third-order valence-electron chi connectivity index (χ3n) is 6.04. The van der Waals surface area contributed by atoms with Gasteiger partial charge in [0.05, 0.1) is 18.2 Å². The van der Waals surface area contributed by atoms with Gasteiger partial charge in [-0.05, 0) is 75.6 Å². The van der Waals surface area contributed by atoms with Crippen LogP contribution in [0.4, 0.5) is 5.00 Å². The van der Waals surface area contributed by atoms with Crippen LogP contribution in [0.5, 0.6) is 0 Å². The fourth-order valence-corrected chi connectivity index (χ4v) is 5.99. The van der Waals surface area contributed by atoms with Crippen LogP contribution in [-0.4, -0.2) is 52.1 Å². The van der Waals surface area contributed by atoms with Gasteiger partial charge in [-0.15, -0.1) is 21.5 Å². The Hall–Kier alpha value is -3.18. The Kier molecular flexibility index (Phi) is 8.10. The summed E-state index contributed by atoms with van der Waals surface area (Å²) < 4.78 is 12.3. The van der Waals surface area contributed by atoms with Gasteiger partial charge in [0.25, 0.3) is 5.91 Å². The number of nitrogens with one attached hydrogen (secondary N) is 1. The van der Waals surface area contributed by atoms with E-state index in [-0.39, 0.29) is 0 Å². The van der Waals surface area contributed by atoms with Gasteiger partial charge in [-0.1, -0.05) is 18.2 Å². The van der Waals surface area contributed by atoms with Crippen LogP contribution in [0.3, 0.4) is 0 Å². The van der Waals surface area contributed by atoms with Gasteiger partial charge in [0.2, 0.25) is 0 Å². The molecule has 0 spiro atoms. The number of hydrogen-bond donors (Lipinski definition) is 1. The first-order valence-electron chi connectivity index (χ1n) is 11.6. The second kappa shape index (κ2) is 11.3. The molecule has 0 saturated carbocycles. The smallest absolute Gasteiger partial charge is 0.341 e. The largest absolute Gasteiger partial charge is 0.465 e. The zero-order valence-corrected chi connectivity index (χ0v) is 22.3. The number of aryl methyl sites for hydroxylation is 2. The molecular weight excluding hydrogens is 500 g/mol. The van der Waals surface area contributed by atoms with Crippen molar-refractivity contribution < 1.29 is 23.9 Å². The van der Waals surface area contributed by atoms with E-state index in [1.54, 1.807) is 24.3 Å². The van der Waals surface area contributed by atoms with Crippen LogP contribution in [0.25, 0.3) is 5.69 Å². The van der Waals surface area contributed by atoms with Crippen LogP contribution in [0.1, 0.15) is 63.2 Å². The number of thiophene rings is 1. The van der Waals surface area contributed by atoms with Crippen molar-refractivity contribution in [1.29, 1.82) is 0 Å². The van der Waals surface area contributed by atoms with Crippen molar-refractivity contribution in [3.05, 3.63) is 51.7 Å². The second-order valence-electron chi connectivity index (χ2n) is 8.41. The molecule has 1 aromatic carbocycles. The van der Waals surface area contributed by atoms with Crippen molar-refractivity contribution in [1.82, 2.24) is 14.8 Å². The van der Waals surface area contributed by atoms with E-state index in [1.807, 2.05) is 17.7 Å². The van der Waals surface area contributed by atoms with Crippen LogP contribution < -0.4 is 5.32 Å². The Morgan fingerprint density at radius 1 is 1.08 bits per heavy atom. The third-order valence-corrected chi connectivity index (χ3v) is 7.88. The Bertz CT molecular complexity index is 1280. The molecule has 0 bridgehead atoms. The van der Waals surface area contributed by atoms with E-state index in [9.17, 15) is 14.4 Å². The van der Waals surface area contributed by atoms with Gasteiger partial charge in [0.1, 0.15) is 10.8 Å². The lowest BCUT2D eigenvalue weighted by molar-refractivity contribution is -0.123. The highest BCUT2D eigenvalue weighted by Crippen LogP contribution is 2.38. The van der Waals surface area contributed by atoms with Crippen molar-refractivity contribution in [2.24, 2.45) is 0 Å². The number of esters is 2. The Morgan fingerprint density at radius 2 is 1.81 bits per heavy atom. The first kappa shape index (κ1) is 25.9. The molecule has 0 aliphatic heterocycles. The monoisotopic (exact) mass is 528 g/mol. The zero-order valence-electron chi connectivity index (χ0n) is 20.6. The summed E-state index contributed by atoms with van der Waals surface area (Å²) in [5, 5.41) is 12.2. The lowest BCUT2D eigenvalue weighted by Crippen LogP contribution is -2.30. The maximum absolute atomic E-state index is 12.9. The van der Waals surface area contributed by atoms with E-state index in [1.165, 1.54) is 37.1 Å². The first-order chi connectivity index (χ1) is 17.3. The second-order valence-corrected chi connectivity index (χ2v) is 10.3. The number of carbonyl (C=O) groups is 3. The molecule has 4 rings (SSSR count). The van der Waals surface area contributed by atoms with Crippen molar-refractivity contribution in [2.45, 2.75) is 57.2 Å². The van der Waals surface area contributed by atoms with Gasteiger partial charge in [-0.2, -0.15) is 0 Å². The van der Waals surface area contributed by atoms with Crippen LogP contribution in [-0.2, 0) is 27.1 Å². The summed E-state index contributed by atoms with van der Waals surface area (Å²) in [7, 11) is 1.33. The predicted octanol–water partition coefficient (Wildman–Crippen LogP) is 4.60. The lowest BCUT2D eigenvalue weighted by Gasteiger charge is -2.14. The number of ether oxygens (including phenoxy) is 2. The average molecular weight is 529 g/mol. The molecule has 1 amide bonds. The number of thioether (sulfide) groups is 1. The van der Waals surface area contributed by atoms with Crippen LogP contribution in [0.2, 0.25) is 0 Å². The minimum atomic E-state index is -1.06. The Labute approximate surface area is 217 Å². The molecule has 3 aromatic rings. The summed E-state index contributed by atoms with van der Waals surface area (Å²) >= 11 is 2.87. The molecule has 36 heavy (non-hydrogen) atoms. The minimum absolute atomic E-state index is 0.313. The highest BCUT2D eigenvalue weighted by Gasteiger charge is 2.28. The van der Waals surface area contributed by atoms with Crippen molar-refractivity contribution in [3.8, 4) is 5.69 Å². The summed E-state index contributed by atoms with van der Waals surface area (Å²) in [6.07, 6.45) is 5.64. The first-order valence-corrected chi connectivity index (χ1v) is 13.7. The number of fused-ring (bicyclic) bond motifs is 1. The van der Waals surface area contributed by atoms with Gasteiger partial charge in [0, 0.05) is 10.6 Å². The van der Waals surface area contributed by atoms with Crippen LogP contribution in [0.15, 0.2) is 29.4 Å². The third kappa shape index (κ3) is 5.31. The lowest BCUT2D eigenvalue weighted by atomic mass is 10.1. The molecule has 2 aromatic heterocycles. The minimum Gasteiger partial charge on any atom is -0.465 e. The van der Waals surface area contributed by atoms with Crippen molar-refractivity contribution in [2.75, 3.05) is 18.7 Å². The molecule has 1 unspecified atom stereocenters. The van der Waals surface area contributed by atoms with Gasteiger partial charge < -0.3 is 14.8 Å². The number of methoxy groups -OCH3 is 1. The van der Waals surface area contributed by atoms with E-state index in [4.69, 9.17) is 9.47 Å². The molecule has 1 atom stereocenters. The maximum atomic E-state index is 12.9.